The Labute approximate surface area is 184 Å². The quantitative estimate of drug-likeness (QED) is 0.430. The van der Waals surface area contributed by atoms with Gasteiger partial charge in [0, 0.05) is 10.0 Å². The zero-order valence-electron chi connectivity index (χ0n) is 16.5. The van der Waals surface area contributed by atoms with Gasteiger partial charge < -0.3 is 4.74 Å². The third-order valence-electron chi connectivity index (χ3n) is 3.94. The minimum Gasteiger partial charge on any atom is -0.493 e. The van der Waals surface area contributed by atoms with Gasteiger partial charge in [0.25, 0.3) is 11.8 Å². The summed E-state index contributed by atoms with van der Waals surface area (Å²) in [6.45, 7) is 6.62. The summed E-state index contributed by atoms with van der Waals surface area (Å²) in [5, 5.41) is 2.52. The molecule has 0 spiro atoms. The molecule has 3 N–H and O–H groups in total. The summed E-state index contributed by atoms with van der Waals surface area (Å²) in [6, 6.07) is 12.3. The highest BCUT2D eigenvalue weighted by Crippen LogP contribution is 2.23. The maximum absolute atomic E-state index is 12.6. The van der Waals surface area contributed by atoms with Crippen molar-refractivity contribution in [2.45, 2.75) is 27.2 Å². The number of hydrazine groups is 1. The van der Waals surface area contributed by atoms with Crippen LogP contribution in [-0.4, -0.2) is 23.5 Å². The minimum absolute atomic E-state index is 0.0240. The highest BCUT2D eigenvalue weighted by Gasteiger charge is 2.15. The Hall–Kier alpha value is -2.45. The van der Waals surface area contributed by atoms with Crippen molar-refractivity contribution in [3.63, 3.8) is 0 Å². The van der Waals surface area contributed by atoms with Crippen LogP contribution in [0.5, 0.6) is 5.75 Å². The van der Waals surface area contributed by atoms with Gasteiger partial charge in [-0.2, -0.15) is 0 Å². The Kier molecular flexibility index (Phi) is 8.60. The molecule has 0 aliphatic rings. The van der Waals surface area contributed by atoms with E-state index in [4.69, 9.17) is 17.0 Å². The predicted octanol–water partition coefficient (Wildman–Crippen LogP) is 4.13. The Balaban J connectivity index is 1.95. The van der Waals surface area contributed by atoms with Crippen LogP contribution in [0.3, 0.4) is 0 Å². The van der Waals surface area contributed by atoms with Crippen molar-refractivity contribution in [2.75, 3.05) is 6.61 Å². The average molecular weight is 478 g/mol. The second kappa shape index (κ2) is 10.9. The van der Waals surface area contributed by atoms with Crippen LogP contribution in [-0.2, 0) is 0 Å². The lowest BCUT2D eigenvalue weighted by Gasteiger charge is -2.14. The van der Waals surface area contributed by atoms with Crippen molar-refractivity contribution in [3.05, 3.63) is 63.6 Å². The van der Waals surface area contributed by atoms with Gasteiger partial charge in [-0.25, -0.2) is 0 Å². The van der Waals surface area contributed by atoms with Crippen LogP contribution < -0.4 is 20.9 Å². The fraction of sp³-hybridized carbons (Fsp3) is 0.286. The molecule has 0 bridgehead atoms. The van der Waals surface area contributed by atoms with E-state index in [0.717, 1.165) is 16.5 Å². The summed E-state index contributed by atoms with van der Waals surface area (Å²) in [7, 11) is 0. The number of hydrogen-bond donors (Lipinski definition) is 3. The molecule has 2 aromatic carbocycles. The summed E-state index contributed by atoms with van der Waals surface area (Å²) in [5.74, 6) is 0.174. The van der Waals surface area contributed by atoms with Gasteiger partial charge in [-0.05, 0) is 61.8 Å². The minimum atomic E-state index is -0.437. The second-order valence-corrected chi connectivity index (χ2v) is 8.23. The molecule has 6 nitrogen and oxygen atoms in total. The summed E-state index contributed by atoms with van der Waals surface area (Å²) >= 11 is 8.47. The number of amides is 2. The van der Waals surface area contributed by atoms with E-state index in [2.05, 4.69) is 45.9 Å². The smallest absolute Gasteiger partial charge is 0.269 e. The largest absolute Gasteiger partial charge is 0.493 e. The van der Waals surface area contributed by atoms with Gasteiger partial charge in [-0.3, -0.25) is 25.8 Å². The molecule has 0 aliphatic carbocycles. The van der Waals surface area contributed by atoms with Gasteiger partial charge >= 0.3 is 0 Å². The molecular weight excluding hydrogens is 454 g/mol. The normalized spacial score (nSPS) is 10.4. The molecule has 154 valence electrons. The lowest BCUT2D eigenvalue weighted by Crippen LogP contribution is -2.48. The number of halogens is 1. The number of hydrogen-bond acceptors (Lipinski definition) is 4. The number of thiocarbonyl (C=S) groups is 1. The molecule has 2 rings (SSSR count). The molecule has 2 amide bonds. The maximum atomic E-state index is 12.6. The van der Waals surface area contributed by atoms with Crippen molar-refractivity contribution < 1.29 is 14.3 Å². The van der Waals surface area contributed by atoms with Crippen molar-refractivity contribution in [3.8, 4) is 5.75 Å². The molecule has 29 heavy (non-hydrogen) atoms. The predicted molar refractivity (Wildman–Crippen MR) is 121 cm³/mol. The highest BCUT2D eigenvalue weighted by molar-refractivity contribution is 9.10. The molecule has 0 unspecified atom stereocenters. The zero-order valence-corrected chi connectivity index (χ0v) is 18.9. The van der Waals surface area contributed by atoms with E-state index >= 15 is 0 Å². The molecule has 0 aliphatic heterocycles. The number of carbonyl (C=O) groups is 2. The fourth-order valence-electron chi connectivity index (χ4n) is 2.38. The first-order valence-electron chi connectivity index (χ1n) is 9.17. The third kappa shape index (κ3) is 7.47. The van der Waals surface area contributed by atoms with Crippen molar-refractivity contribution in [1.82, 2.24) is 16.2 Å². The van der Waals surface area contributed by atoms with E-state index in [-0.39, 0.29) is 11.0 Å². The summed E-state index contributed by atoms with van der Waals surface area (Å²) in [6.07, 6.45) is 0.877. The van der Waals surface area contributed by atoms with Gasteiger partial charge in [0.15, 0.2) is 5.11 Å². The van der Waals surface area contributed by atoms with Crippen molar-refractivity contribution in [2.24, 2.45) is 5.92 Å². The lowest BCUT2D eigenvalue weighted by atomic mass is 10.1. The molecular formula is C21H24BrN3O3S. The molecule has 8 heteroatoms. The monoisotopic (exact) mass is 477 g/mol. The van der Waals surface area contributed by atoms with Crippen LogP contribution in [0.4, 0.5) is 0 Å². The topological polar surface area (TPSA) is 79.5 Å². The standard InChI is InChI=1S/C21H24BrN3O3S/c1-13(2)9-10-28-18-8-7-16(22)12-17(18)20(27)23-21(29)25-24-19(26)15-6-4-5-14(3)11-15/h4-8,11-13H,9-10H2,1-3H3,(H,24,26)(H2,23,25,27,29). The molecule has 0 atom stereocenters. The summed E-state index contributed by atoms with van der Waals surface area (Å²) < 4.78 is 6.50. The first kappa shape index (κ1) is 22.8. The van der Waals surface area contributed by atoms with Gasteiger partial charge in [-0.15, -0.1) is 0 Å². The first-order chi connectivity index (χ1) is 13.8. The molecule has 0 saturated carbocycles. The van der Waals surface area contributed by atoms with Crippen LogP contribution >= 0.6 is 28.1 Å². The Morgan fingerprint density at radius 1 is 1.10 bits per heavy atom. The summed E-state index contributed by atoms with van der Waals surface area (Å²) in [4.78, 5) is 24.8. The number of ether oxygens (including phenoxy) is 1. The summed E-state index contributed by atoms with van der Waals surface area (Å²) in [5.41, 5.74) is 6.81. The van der Waals surface area contributed by atoms with Gasteiger partial charge in [0.2, 0.25) is 0 Å². The Morgan fingerprint density at radius 3 is 2.55 bits per heavy atom. The van der Waals surface area contributed by atoms with E-state index in [1.54, 1.807) is 36.4 Å². The van der Waals surface area contributed by atoms with Crippen molar-refractivity contribution >= 4 is 45.1 Å². The molecule has 2 aromatic rings. The second-order valence-electron chi connectivity index (χ2n) is 6.90. The SMILES string of the molecule is Cc1cccc(C(=O)NNC(=S)NC(=O)c2cc(Br)ccc2OCCC(C)C)c1. The van der Waals surface area contributed by atoms with E-state index in [1.165, 1.54) is 0 Å². The number of nitrogens with one attached hydrogen (secondary N) is 3. The number of rotatable bonds is 6. The van der Waals surface area contributed by atoms with Crippen LogP contribution in [0.1, 0.15) is 46.5 Å². The number of benzene rings is 2. The van der Waals surface area contributed by atoms with Crippen LogP contribution in [0.25, 0.3) is 0 Å². The highest BCUT2D eigenvalue weighted by atomic mass is 79.9. The average Bonchev–Trinajstić information content (AvgIpc) is 2.66. The van der Waals surface area contributed by atoms with E-state index < -0.39 is 5.91 Å². The first-order valence-corrected chi connectivity index (χ1v) is 10.4. The number of aryl methyl sites for hydroxylation is 1. The fourth-order valence-corrected chi connectivity index (χ4v) is 2.89. The number of carbonyl (C=O) groups excluding carboxylic acids is 2. The molecule has 0 heterocycles. The van der Waals surface area contributed by atoms with Crippen LogP contribution in [0.2, 0.25) is 0 Å². The van der Waals surface area contributed by atoms with E-state index in [9.17, 15) is 9.59 Å². The molecule has 0 saturated heterocycles. The van der Waals surface area contributed by atoms with Crippen LogP contribution in [0.15, 0.2) is 46.9 Å². The van der Waals surface area contributed by atoms with Crippen molar-refractivity contribution in [1.29, 1.82) is 0 Å². The Morgan fingerprint density at radius 2 is 1.86 bits per heavy atom. The molecule has 0 fully saturated rings. The van der Waals surface area contributed by atoms with Gasteiger partial charge in [0.05, 0.1) is 12.2 Å². The zero-order chi connectivity index (χ0) is 21.4. The van der Waals surface area contributed by atoms with E-state index in [0.29, 0.717) is 29.4 Å². The van der Waals surface area contributed by atoms with Gasteiger partial charge in [-0.1, -0.05) is 47.5 Å². The Bertz CT molecular complexity index is 902. The van der Waals surface area contributed by atoms with E-state index in [1.807, 2.05) is 13.0 Å². The maximum Gasteiger partial charge on any atom is 0.269 e. The van der Waals surface area contributed by atoms with Gasteiger partial charge in [0.1, 0.15) is 5.75 Å². The van der Waals surface area contributed by atoms with Crippen LogP contribution in [0, 0.1) is 12.8 Å². The lowest BCUT2D eigenvalue weighted by molar-refractivity contribution is 0.0933. The molecule has 0 aromatic heterocycles. The third-order valence-corrected chi connectivity index (χ3v) is 4.63. The molecule has 0 radical (unpaired) electrons.